The first-order chi connectivity index (χ1) is 8.06. The summed E-state index contributed by atoms with van der Waals surface area (Å²) in [5.74, 6) is -0.892. The van der Waals surface area contributed by atoms with Crippen molar-refractivity contribution >= 4 is 23.1 Å². The van der Waals surface area contributed by atoms with Crippen LogP contribution in [0.1, 0.15) is 19.4 Å². The smallest absolute Gasteiger partial charge is 0.231 e. The minimum Gasteiger partial charge on any atom is -0.409 e. The number of carbonyl (C=O) groups excluding carboxylic acids is 1. The normalized spacial score (nSPS) is 13.7. The molecule has 1 aromatic heterocycles. The molecule has 0 saturated heterocycles. The second-order valence-electron chi connectivity index (χ2n) is 4.10. The van der Waals surface area contributed by atoms with Crippen LogP contribution in [0.15, 0.2) is 22.0 Å². The van der Waals surface area contributed by atoms with Crippen molar-refractivity contribution in [2.24, 2.45) is 22.7 Å². The van der Waals surface area contributed by atoms with Crippen LogP contribution in [0.25, 0.3) is 0 Å². The van der Waals surface area contributed by atoms with Gasteiger partial charge in [-0.25, -0.2) is 0 Å². The average molecular weight is 255 g/mol. The first-order valence-corrected chi connectivity index (χ1v) is 6.26. The van der Waals surface area contributed by atoms with E-state index in [-0.39, 0.29) is 17.7 Å². The number of thiophene rings is 1. The Labute approximate surface area is 104 Å². The standard InChI is InChI=1S/C11H17N3O2S/c1-7(2)9(10(12)14-16)11(15)13-5-8-3-4-17-6-8/h3-4,6-7,9,16H,5H2,1-2H3,(H2,12,14)(H,13,15). The van der Waals surface area contributed by atoms with Crippen LogP contribution in [-0.2, 0) is 11.3 Å². The van der Waals surface area contributed by atoms with Gasteiger partial charge in [0.2, 0.25) is 5.91 Å². The van der Waals surface area contributed by atoms with Crippen molar-refractivity contribution in [1.82, 2.24) is 5.32 Å². The molecule has 0 radical (unpaired) electrons. The second-order valence-corrected chi connectivity index (χ2v) is 4.88. The molecule has 1 unspecified atom stereocenters. The van der Waals surface area contributed by atoms with E-state index < -0.39 is 5.92 Å². The van der Waals surface area contributed by atoms with E-state index in [0.717, 1.165) is 5.56 Å². The molecule has 1 rings (SSSR count). The van der Waals surface area contributed by atoms with Gasteiger partial charge >= 0.3 is 0 Å². The molecule has 6 heteroatoms. The summed E-state index contributed by atoms with van der Waals surface area (Å²) in [7, 11) is 0. The van der Waals surface area contributed by atoms with Gasteiger partial charge in [0.1, 0.15) is 5.92 Å². The molecule has 0 spiro atoms. The van der Waals surface area contributed by atoms with Gasteiger partial charge in [0.25, 0.3) is 0 Å². The molecule has 1 aromatic rings. The zero-order chi connectivity index (χ0) is 12.8. The number of nitrogens with zero attached hydrogens (tertiary/aromatic N) is 1. The first-order valence-electron chi connectivity index (χ1n) is 5.32. The van der Waals surface area contributed by atoms with Crippen LogP contribution in [0, 0.1) is 11.8 Å². The van der Waals surface area contributed by atoms with Gasteiger partial charge in [0.15, 0.2) is 5.84 Å². The fraction of sp³-hybridized carbons (Fsp3) is 0.455. The molecule has 0 aliphatic carbocycles. The lowest BCUT2D eigenvalue weighted by molar-refractivity contribution is -0.124. The van der Waals surface area contributed by atoms with Crippen LogP contribution in [0.2, 0.25) is 0 Å². The number of rotatable bonds is 5. The highest BCUT2D eigenvalue weighted by atomic mass is 32.1. The number of hydrogen-bond donors (Lipinski definition) is 3. The molecule has 0 fully saturated rings. The highest BCUT2D eigenvalue weighted by Crippen LogP contribution is 2.12. The summed E-state index contributed by atoms with van der Waals surface area (Å²) in [6, 6.07) is 1.94. The maximum atomic E-state index is 11.9. The van der Waals surface area contributed by atoms with Gasteiger partial charge in [-0.1, -0.05) is 19.0 Å². The Bertz CT molecular complexity index is 387. The largest absolute Gasteiger partial charge is 0.409 e. The summed E-state index contributed by atoms with van der Waals surface area (Å²) in [4.78, 5) is 11.9. The van der Waals surface area contributed by atoms with Gasteiger partial charge in [0, 0.05) is 6.54 Å². The lowest BCUT2D eigenvalue weighted by atomic mass is 9.94. The summed E-state index contributed by atoms with van der Waals surface area (Å²) in [6.07, 6.45) is 0. The number of amides is 1. The van der Waals surface area contributed by atoms with Crippen molar-refractivity contribution in [3.8, 4) is 0 Å². The lowest BCUT2D eigenvalue weighted by Crippen LogP contribution is -2.41. The third-order valence-corrected chi connectivity index (χ3v) is 3.16. The quantitative estimate of drug-likeness (QED) is 0.321. The van der Waals surface area contributed by atoms with Gasteiger partial charge in [0.05, 0.1) is 0 Å². The van der Waals surface area contributed by atoms with Crippen LogP contribution < -0.4 is 11.1 Å². The molecule has 1 amide bonds. The molecule has 94 valence electrons. The van der Waals surface area contributed by atoms with Gasteiger partial charge in [-0.3, -0.25) is 4.79 Å². The Balaban J connectivity index is 2.60. The van der Waals surface area contributed by atoms with Gasteiger partial charge < -0.3 is 16.3 Å². The van der Waals surface area contributed by atoms with Crippen LogP contribution in [-0.4, -0.2) is 17.0 Å². The molecular formula is C11H17N3O2S. The Morgan fingerprint density at radius 1 is 1.65 bits per heavy atom. The fourth-order valence-corrected chi connectivity index (χ4v) is 2.20. The number of amidine groups is 1. The molecule has 0 aliphatic heterocycles. The second kappa shape index (κ2) is 6.24. The molecular weight excluding hydrogens is 238 g/mol. The summed E-state index contributed by atoms with van der Waals surface area (Å²) in [5.41, 5.74) is 6.56. The van der Waals surface area contributed by atoms with Crippen molar-refractivity contribution in [3.63, 3.8) is 0 Å². The van der Waals surface area contributed by atoms with E-state index >= 15 is 0 Å². The number of hydrogen-bond acceptors (Lipinski definition) is 4. The molecule has 17 heavy (non-hydrogen) atoms. The van der Waals surface area contributed by atoms with Crippen LogP contribution in [0.4, 0.5) is 0 Å². The van der Waals surface area contributed by atoms with Crippen molar-refractivity contribution in [2.75, 3.05) is 0 Å². The molecule has 1 atom stereocenters. The number of oxime groups is 1. The third kappa shape index (κ3) is 3.74. The van der Waals surface area contributed by atoms with E-state index in [1.807, 2.05) is 30.7 Å². The maximum absolute atomic E-state index is 11.9. The van der Waals surface area contributed by atoms with Crippen molar-refractivity contribution in [1.29, 1.82) is 0 Å². The number of nitrogens with two attached hydrogens (primary N) is 1. The Kier molecular flexibility index (Phi) is 4.96. The molecule has 0 aromatic carbocycles. The molecule has 0 saturated carbocycles. The van der Waals surface area contributed by atoms with E-state index in [2.05, 4.69) is 10.5 Å². The van der Waals surface area contributed by atoms with Crippen molar-refractivity contribution in [2.45, 2.75) is 20.4 Å². The average Bonchev–Trinajstić information content (AvgIpc) is 2.78. The van der Waals surface area contributed by atoms with Gasteiger partial charge in [-0.05, 0) is 28.3 Å². The zero-order valence-corrected chi connectivity index (χ0v) is 10.7. The fourth-order valence-electron chi connectivity index (χ4n) is 1.53. The Morgan fingerprint density at radius 3 is 2.82 bits per heavy atom. The molecule has 5 nitrogen and oxygen atoms in total. The highest BCUT2D eigenvalue weighted by molar-refractivity contribution is 7.07. The summed E-state index contributed by atoms with van der Waals surface area (Å²) in [6.45, 7) is 4.17. The van der Waals surface area contributed by atoms with E-state index in [0.29, 0.717) is 6.54 Å². The number of carbonyl (C=O) groups is 1. The van der Waals surface area contributed by atoms with E-state index in [9.17, 15) is 4.79 Å². The molecule has 1 heterocycles. The Morgan fingerprint density at radius 2 is 2.35 bits per heavy atom. The van der Waals surface area contributed by atoms with Crippen LogP contribution in [0.3, 0.4) is 0 Å². The van der Waals surface area contributed by atoms with Crippen LogP contribution >= 0.6 is 11.3 Å². The minimum atomic E-state index is -0.598. The minimum absolute atomic E-state index is 0.0200. The van der Waals surface area contributed by atoms with Gasteiger partial charge in [-0.15, -0.1) is 0 Å². The van der Waals surface area contributed by atoms with Crippen LogP contribution in [0.5, 0.6) is 0 Å². The summed E-state index contributed by atoms with van der Waals surface area (Å²) < 4.78 is 0. The van der Waals surface area contributed by atoms with Crippen molar-refractivity contribution < 1.29 is 10.0 Å². The maximum Gasteiger partial charge on any atom is 0.231 e. The van der Waals surface area contributed by atoms with E-state index in [4.69, 9.17) is 10.9 Å². The zero-order valence-electron chi connectivity index (χ0n) is 9.88. The first kappa shape index (κ1) is 13.5. The number of nitrogens with one attached hydrogen (secondary N) is 1. The monoisotopic (exact) mass is 255 g/mol. The summed E-state index contributed by atoms with van der Waals surface area (Å²) >= 11 is 1.58. The Hall–Kier alpha value is -1.56. The summed E-state index contributed by atoms with van der Waals surface area (Å²) in [5, 5.41) is 18.2. The SMILES string of the molecule is CC(C)C(C(=O)NCc1ccsc1)C(N)=NO. The van der Waals surface area contributed by atoms with E-state index in [1.165, 1.54) is 0 Å². The molecule has 0 aliphatic rings. The lowest BCUT2D eigenvalue weighted by Gasteiger charge is -2.18. The molecule has 4 N–H and O–H groups in total. The molecule has 0 bridgehead atoms. The van der Waals surface area contributed by atoms with Crippen molar-refractivity contribution in [3.05, 3.63) is 22.4 Å². The predicted octanol–water partition coefficient (Wildman–Crippen LogP) is 1.38. The topological polar surface area (TPSA) is 87.7 Å². The predicted molar refractivity (Wildman–Crippen MR) is 67.9 cm³/mol. The highest BCUT2D eigenvalue weighted by Gasteiger charge is 2.26. The third-order valence-electron chi connectivity index (χ3n) is 2.43. The van der Waals surface area contributed by atoms with E-state index in [1.54, 1.807) is 11.3 Å². The van der Waals surface area contributed by atoms with Gasteiger partial charge in [-0.2, -0.15) is 11.3 Å².